The van der Waals surface area contributed by atoms with E-state index in [1.165, 1.54) is 37.1 Å². The van der Waals surface area contributed by atoms with Crippen molar-refractivity contribution in [1.29, 1.82) is 0 Å². The number of hydrogen-bond donors (Lipinski definition) is 1. The average Bonchev–Trinajstić information content (AvgIpc) is 3.93. The molecular weight excluding hydrogens is 866 g/mol. The van der Waals surface area contributed by atoms with E-state index in [1.54, 1.807) is 47.0 Å². The molecule has 0 saturated carbocycles. The highest BCUT2D eigenvalue weighted by Crippen LogP contribution is 2.18. The Hall–Kier alpha value is -5.54. The Balaban J connectivity index is 0.000000152. The first kappa shape index (κ1) is 44.1. The molecular formula is C50H49BrF2N6O4. The van der Waals surface area contributed by atoms with Gasteiger partial charge in [0.25, 0.3) is 11.1 Å². The van der Waals surface area contributed by atoms with Crippen molar-refractivity contribution in [3.05, 3.63) is 151 Å². The third-order valence-corrected chi connectivity index (χ3v) is 12.2. The number of aromatic nitrogens is 4. The number of fused-ring (bicyclic) bond motifs is 4. The topological polar surface area (TPSA) is 104 Å². The van der Waals surface area contributed by atoms with Crippen molar-refractivity contribution in [2.45, 2.75) is 63.8 Å². The molecule has 0 bridgehead atoms. The van der Waals surface area contributed by atoms with Crippen molar-refractivity contribution in [3.8, 4) is 23.7 Å². The largest absolute Gasteiger partial charge is 0.377 e. The SMILES string of the molecule is BrCC1CCCO1.O=c1c2ccc(C#Cc3cccc(F)c3)cc2nc2n1CCN(CC1CCCO1)CC2.O=c1c2ccc(C#Cc3cccc(F)c3)cc2nc2n1CCNCC2. The molecule has 4 aliphatic heterocycles. The summed E-state index contributed by atoms with van der Waals surface area (Å²) in [4.78, 5) is 37.6. The summed E-state index contributed by atoms with van der Waals surface area (Å²) in [5.41, 5.74) is 4.04. The first-order valence-corrected chi connectivity index (χ1v) is 22.8. The fourth-order valence-electron chi connectivity index (χ4n) is 8.11. The van der Waals surface area contributed by atoms with E-state index in [-0.39, 0.29) is 22.8 Å². The number of nitrogens with one attached hydrogen (secondary N) is 1. The van der Waals surface area contributed by atoms with Crippen LogP contribution in [0.15, 0.2) is 94.5 Å². The van der Waals surface area contributed by atoms with E-state index in [4.69, 9.17) is 14.5 Å². The van der Waals surface area contributed by atoms with E-state index in [9.17, 15) is 18.4 Å². The molecule has 63 heavy (non-hydrogen) atoms. The molecule has 324 valence electrons. The van der Waals surface area contributed by atoms with E-state index in [2.05, 4.69) is 54.8 Å². The van der Waals surface area contributed by atoms with Crippen LogP contribution in [-0.4, -0.2) is 87.5 Å². The maximum atomic E-state index is 13.4. The molecule has 2 fully saturated rings. The fourth-order valence-corrected chi connectivity index (χ4v) is 8.62. The lowest BCUT2D eigenvalue weighted by atomic mass is 10.1. The average molecular weight is 916 g/mol. The Kier molecular flexibility index (Phi) is 14.8. The highest BCUT2D eigenvalue weighted by atomic mass is 79.9. The van der Waals surface area contributed by atoms with Gasteiger partial charge in [-0.2, -0.15) is 0 Å². The minimum atomic E-state index is -0.309. The molecule has 6 heterocycles. The quantitative estimate of drug-likeness (QED) is 0.156. The van der Waals surface area contributed by atoms with Crippen LogP contribution < -0.4 is 16.4 Å². The molecule has 2 atom stereocenters. The summed E-state index contributed by atoms with van der Waals surface area (Å²) in [7, 11) is 0. The lowest BCUT2D eigenvalue weighted by Crippen LogP contribution is -2.35. The van der Waals surface area contributed by atoms with Crippen LogP contribution in [0.25, 0.3) is 21.8 Å². The Morgan fingerprint density at radius 3 is 1.70 bits per heavy atom. The fraction of sp³-hybridized carbons (Fsp3) is 0.360. The normalized spacial score (nSPS) is 18.2. The first-order valence-electron chi connectivity index (χ1n) is 21.6. The molecule has 1 N–H and O–H groups in total. The molecule has 0 aliphatic carbocycles. The minimum Gasteiger partial charge on any atom is -0.377 e. The van der Waals surface area contributed by atoms with E-state index < -0.39 is 0 Å². The van der Waals surface area contributed by atoms with Crippen molar-refractivity contribution < 1.29 is 18.3 Å². The van der Waals surface area contributed by atoms with Gasteiger partial charge in [-0.1, -0.05) is 51.7 Å². The first-order chi connectivity index (χ1) is 30.8. The number of nitrogens with zero attached hydrogens (tertiary/aromatic N) is 5. The summed E-state index contributed by atoms with van der Waals surface area (Å²) in [5.74, 6) is 13.0. The molecule has 13 heteroatoms. The number of benzene rings is 4. The van der Waals surface area contributed by atoms with Gasteiger partial charge in [0.1, 0.15) is 23.3 Å². The molecule has 10 nitrogen and oxygen atoms in total. The molecule has 0 spiro atoms. The summed E-state index contributed by atoms with van der Waals surface area (Å²) >= 11 is 3.35. The Morgan fingerprint density at radius 2 is 1.17 bits per heavy atom. The number of alkyl halides is 1. The zero-order valence-electron chi connectivity index (χ0n) is 35.1. The molecule has 2 saturated heterocycles. The molecule has 2 aromatic heterocycles. The molecule has 0 radical (unpaired) electrons. The Bertz CT molecular complexity index is 2830. The lowest BCUT2D eigenvalue weighted by Gasteiger charge is -2.22. The van der Waals surface area contributed by atoms with E-state index >= 15 is 0 Å². The van der Waals surface area contributed by atoms with Crippen LogP contribution >= 0.6 is 15.9 Å². The van der Waals surface area contributed by atoms with Crippen molar-refractivity contribution in [2.75, 3.05) is 51.3 Å². The van der Waals surface area contributed by atoms with Gasteiger partial charge in [-0.05, 0) is 98.5 Å². The van der Waals surface area contributed by atoms with Crippen LogP contribution in [0.5, 0.6) is 0 Å². The third-order valence-electron chi connectivity index (χ3n) is 11.4. The summed E-state index contributed by atoms with van der Waals surface area (Å²) < 4.78 is 41.2. The standard InChI is InChI=1S/C25H24FN3O2.C20H16FN3O.C5H9BrO/c26-20-4-1-3-18(15-20)6-7-19-8-9-22-23(16-19)27-24-10-11-28(12-13-29(24)25(22)30)17-21-5-2-14-31-21;21-16-3-1-2-14(12-16)4-5-15-6-7-17-18(13-15)23-19-8-9-22-10-11-24(19)20(17)25;6-4-5-2-1-3-7-5/h1,3-4,8-9,15-16,21H,2,5,10-14,17H2;1-3,6-7,12-13,22H,8-11H2;5H,1-4H2. The van der Waals surface area contributed by atoms with Gasteiger partial charge >= 0.3 is 0 Å². The van der Waals surface area contributed by atoms with Gasteiger partial charge in [0.15, 0.2) is 0 Å². The highest BCUT2D eigenvalue weighted by molar-refractivity contribution is 9.09. The van der Waals surface area contributed by atoms with Gasteiger partial charge in [0.2, 0.25) is 0 Å². The summed E-state index contributed by atoms with van der Waals surface area (Å²) in [6, 6.07) is 23.2. The van der Waals surface area contributed by atoms with Crippen LogP contribution in [0.3, 0.4) is 0 Å². The third kappa shape index (κ3) is 11.5. The van der Waals surface area contributed by atoms with Gasteiger partial charge in [0, 0.05) is 99.5 Å². The number of halogens is 3. The molecule has 4 aliphatic rings. The summed E-state index contributed by atoms with van der Waals surface area (Å²) in [6.45, 7) is 7.32. The zero-order chi connectivity index (χ0) is 43.5. The summed E-state index contributed by atoms with van der Waals surface area (Å²) in [5, 5.41) is 5.49. The second kappa shape index (κ2) is 21.2. The number of hydrogen-bond acceptors (Lipinski definition) is 8. The molecule has 6 aromatic rings. The second-order valence-electron chi connectivity index (χ2n) is 15.9. The molecule has 4 aromatic carbocycles. The van der Waals surface area contributed by atoms with Crippen LogP contribution in [0.2, 0.25) is 0 Å². The van der Waals surface area contributed by atoms with Gasteiger partial charge < -0.3 is 14.8 Å². The predicted molar refractivity (Wildman–Crippen MR) is 245 cm³/mol. The Labute approximate surface area is 373 Å². The second-order valence-corrected chi connectivity index (χ2v) is 16.6. The lowest BCUT2D eigenvalue weighted by molar-refractivity contribution is 0.0738. The molecule has 2 unspecified atom stereocenters. The van der Waals surface area contributed by atoms with Crippen LogP contribution in [0, 0.1) is 35.3 Å². The van der Waals surface area contributed by atoms with Gasteiger partial charge in [0.05, 0.1) is 34.0 Å². The minimum absolute atomic E-state index is 0.00334. The predicted octanol–water partition coefficient (Wildman–Crippen LogP) is 6.61. The molecule has 10 rings (SSSR count). The van der Waals surface area contributed by atoms with E-state index in [1.807, 2.05) is 22.8 Å². The number of rotatable bonds is 3. The maximum absolute atomic E-state index is 13.4. The van der Waals surface area contributed by atoms with Crippen molar-refractivity contribution in [2.24, 2.45) is 0 Å². The van der Waals surface area contributed by atoms with Crippen molar-refractivity contribution >= 4 is 37.7 Å². The maximum Gasteiger partial charge on any atom is 0.261 e. The van der Waals surface area contributed by atoms with E-state index in [0.717, 1.165) is 99.7 Å². The van der Waals surface area contributed by atoms with Gasteiger partial charge in [-0.25, -0.2) is 18.7 Å². The van der Waals surface area contributed by atoms with Crippen LogP contribution in [-0.2, 0) is 35.4 Å². The number of ether oxygens (including phenoxy) is 2. The highest BCUT2D eigenvalue weighted by Gasteiger charge is 2.23. The summed E-state index contributed by atoms with van der Waals surface area (Å²) in [6.07, 6.45) is 7.02. The Morgan fingerprint density at radius 1 is 0.635 bits per heavy atom. The van der Waals surface area contributed by atoms with Gasteiger partial charge in [-0.15, -0.1) is 0 Å². The zero-order valence-corrected chi connectivity index (χ0v) is 36.6. The smallest absolute Gasteiger partial charge is 0.261 e. The van der Waals surface area contributed by atoms with Crippen molar-refractivity contribution in [3.63, 3.8) is 0 Å². The van der Waals surface area contributed by atoms with Crippen LogP contribution in [0.1, 0.15) is 59.6 Å². The van der Waals surface area contributed by atoms with Gasteiger partial charge in [-0.3, -0.25) is 23.6 Å². The molecule has 0 amide bonds. The van der Waals surface area contributed by atoms with Crippen molar-refractivity contribution in [1.82, 2.24) is 29.3 Å². The monoisotopic (exact) mass is 914 g/mol. The van der Waals surface area contributed by atoms with Crippen LogP contribution in [0.4, 0.5) is 8.78 Å². The van der Waals surface area contributed by atoms with E-state index in [0.29, 0.717) is 58.2 Å².